The Labute approximate surface area is 298 Å². The third-order valence-corrected chi connectivity index (χ3v) is 9.67. The normalized spacial score (nSPS) is 13.3. The van der Waals surface area contributed by atoms with Crippen LogP contribution in [0.1, 0.15) is 6.85 Å². The molecule has 0 amide bonds. The number of aromatic nitrogens is 5. The molecule has 0 aliphatic carbocycles. The zero-order chi connectivity index (χ0) is 37.8. The highest BCUT2D eigenvalue weighted by atomic mass is 16.3. The van der Waals surface area contributed by atoms with Crippen LogP contribution in [-0.4, -0.2) is 24.1 Å². The van der Waals surface area contributed by atoms with Gasteiger partial charge in [0.1, 0.15) is 11.2 Å². The quantitative estimate of drug-likeness (QED) is 0.189. The average Bonchev–Trinajstić information content (AvgIpc) is 3.90. The fourth-order valence-electron chi connectivity index (χ4n) is 7.50. The molecule has 11 rings (SSSR count). The maximum absolute atomic E-state index is 8.91. The van der Waals surface area contributed by atoms with Crippen molar-refractivity contribution in [3.05, 3.63) is 164 Å². The van der Waals surface area contributed by atoms with Crippen LogP contribution in [0.5, 0.6) is 0 Å². The first kappa shape index (κ1) is 23.3. The standard InChI is InChI=1S/C45H27N5O/c1-3-13-28(14-4-1)43-46-44(29-23-24-33-32-18-9-12-22-39(32)51-40(33)27-29)48-45(47-43)50-36-20-10-7-17-31(36)34-25-26-38-41(42(34)50)35-19-8-11-21-37(35)49(38)30-15-5-2-6-16-30/h1-27H/i1D,3D,4D,13D,14D. The molecule has 0 fully saturated rings. The van der Waals surface area contributed by atoms with E-state index in [2.05, 4.69) is 47.0 Å². The number of benzene rings is 7. The Morgan fingerprint density at radius 2 is 1.12 bits per heavy atom. The minimum Gasteiger partial charge on any atom is -0.456 e. The second-order valence-corrected chi connectivity index (χ2v) is 12.5. The van der Waals surface area contributed by atoms with E-state index < -0.39 is 30.2 Å². The van der Waals surface area contributed by atoms with Crippen LogP contribution in [0.4, 0.5) is 0 Å². The largest absolute Gasteiger partial charge is 0.456 e. The van der Waals surface area contributed by atoms with Gasteiger partial charge < -0.3 is 8.98 Å². The van der Waals surface area contributed by atoms with E-state index >= 15 is 0 Å². The predicted molar refractivity (Wildman–Crippen MR) is 207 cm³/mol. The molecule has 0 aliphatic rings. The van der Waals surface area contributed by atoms with Crippen LogP contribution >= 0.6 is 0 Å². The third-order valence-electron chi connectivity index (χ3n) is 9.67. The molecule has 0 radical (unpaired) electrons. The second-order valence-electron chi connectivity index (χ2n) is 12.5. The third kappa shape index (κ3) is 4.14. The molecular weight excluding hydrogens is 627 g/mol. The summed E-state index contributed by atoms with van der Waals surface area (Å²) >= 11 is 0. The zero-order valence-electron chi connectivity index (χ0n) is 31.8. The van der Waals surface area contributed by atoms with Gasteiger partial charge >= 0.3 is 0 Å². The molecule has 0 atom stereocenters. The lowest BCUT2D eigenvalue weighted by Gasteiger charge is -2.12. The molecule has 238 valence electrons. The summed E-state index contributed by atoms with van der Waals surface area (Å²) in [5.41, 5.74) is 6.64. The molecule has 0 spiro atoms. The summed E-state index contributed by atoms with van der Waals surface area (Å²) in [7, 11) is 0. The number of furan rings is 1. The predicted octanol–water partition coefficient (Wildman–Crippen LogP) is 11.3. The summed E-state index contributed by atoms with van der Waals surface area (Å²) in [4.78, 5) is 15.0. The second kappa shape index (κ2) is 10.7. The van der Waals surface area contributed by atoms with Crippen LogP contribution in [0.2, 0.25) is 0 Å². The van der Waals surface area contributed by atoms with Crippen molar-refractivity contribution in [2.24, 2.45) is 0 Å². The highest BCUT2D eigenvalue weighted by Gasteiger charge is 2.23. The summed E-state index contributed by atoms with van der Waals surface area (Å²) in [6.07, 6.45) is 0. The van der Waals surface area contributed by atoms with Gasteiger partial charge in [0.05, 0.1) is 28.9 Å². The smallest absolute Gasteiger partial charge is 0.238 e. The van der Waals surface area contributed by atoms with Crippen LogP contribution in [-0.2, 0) is 0 Å². The van der Waals surface area contributed by atoms with Crippen molar-refractivity contribution in [2.45, 2.75) is 0 Å². The summed E-state index contributed by atoms with van der Waals surface area (Å²) in [5, 5.41) is 5.91. The van der Waals surface area contributed by atoms with E-state index in [4.69, 9.17) is 26.2 Å². The minimum atomic E-state index is -0.492. The molecule has 4 heterocycles. The number of nitrogens with zero attached hydrogens (tertiary/aromatic N) is 5. The monoisotopic (exact) mass is 658 g/mol. The molecule has 7 aromatic carbocycles. The first-order chi connectivity index (χ1) is 27.4. The van der Waals surface area contributed by atoms with Crippen molar-refractivity contribution in [3.63, 3.8) is 0 Å². The van der Waals surface area contributed by atoms with E-state index in [9.17, 15) is 0 Å². The molecule has 11 aromatic rings. The zero-order valence-corrected chi connectivity index (χ0v) is 26.8. The van der Waals surface area contributed by atoms with E-state index in [1.165, 1.54) is 0 Å². The number of fused-ring (bicyclic) bond motifs is 10. The molecule has 6 heteroatoms. The van der Waals surface area contributed by atoms with Gasteiger partial charge in [-0.2, -0.15) is 9.97 Å². The maximum Gasteiger partial charge on any atom is 0.238 e. The van der Waals surface area contributed by atoms with E-state index in [0.717, 1.165) is 65.7 Å². The highest BCUT2D eigenvalue weighted by Crippen LogP contribution is 2.42. The van der Waals surface area contributed by atoms with Crippen molar-refractivity contribution < 1.29 is 11.3 Å². The van der Waals surface area contributed by atoms with Gasteiger partial charge in [0, 0.05) is 49.1 Å². The number of rotatable bonds is 4. The molecule has 6 nitrogen and oxygen atoms in total. The van der Waals surface area contributed by atoms with Crippen LogP contribution in [0, 0.1) is 0 Å². The molecule has 0 N–H and O–H groups in total. The van der Waals surface area contributed by atoms with E-state index in [1.54, 1.807) is 0 Å². The summed E-state index contributed by atoms with van der Waals surface area (Å²) in [6.45, 7) is 0. The molecule has 51 heavy (non-hydrogen) atoms. The average molecular weight is 659 g/mol. The topological polar surface area (TPSA) is 61.7 Å². The first-order valence-electron chi connectivity index (χ1n) is 19.1. The molecule has 0 saturated carbocycles. The van der Waals surface area contributed by atoms with Gasteiger partial charge in [-0.25, -0.2) is 4.98 Å². The number of hydrogen-bond acceptors (Lipinski definition) is 4. The summed E-state index contributed by atoms with van der Waals surface area (Å²) in [5.74, 6) is 0.442. The Bertz CT molecular complexity index is 3410. The van der Waals surface area contributed by atoms with Gasteiger partial charge in [0.25, 0.3) is 0 Å². The SMILES string of the molecule is [2H]c1c([2H])c([2H])c(-c2nc(-c3ccc4c(c3)oc3ccccc34)nc(-n3c4ccccc4c4ccc5c(c6ccccc6n5-c5ccccc5)c43)n2)c([2H])c1[2H]. The van der Waals surface area contributed by atoms with Crippen molar-refractivity contribution in [2.75, 3.05) is 0 Å². The minimum absolute atomic E-state index is 0.0449. The van der Waals surface area contributed by atoms with E-state index in [-0.39, 0.29) is 23.2 Å². The first-order valence-corrected chi connectivity index (χ1v) is 16.6. The van der Waals surface area contributed by atoms with Gasteiger partial charge in [0.2, 0.25) is 5.95 Å². The molecule has 0 unspecified atom stereocenters. The van der Waals surface area contributed by atoms with E-state index in [1.807, 2.05) is 95.6 Å². The Hall–Kier alpha value is -7.05. The van der Waals surface area contributed by atoms with Crippen molar-refractivity contribution in [3.8, 4) is 34.4 Å². The molecule has 0 bridgehead atoms. The lowest BCUT2D eigenvalue weighted by atomic mass is 10.1. The van der Waals surface area contributed by atoms with Gasteiger partial charge in [-0.3, -0.25) is 4.57 Å². The molecular formula is C45H27N5O. The van der Waals surface area contributed by atoms with Gasteiger partial charge in [0.15, 0.2) is 11.6 Å². The van der Waals surface area contributed by atoms with Crippen molar-refractivity contribution in [1.82, 2.24) is 24.1 Å². The van der Waals surface area contributed by atoms with Crippen LogP contribution < -0.4 is 0 Å². The summed E-state index contributed by atoms with van der Waals surface area (Å²) < 4.78 is 53.6. The maximum atomic E-state index is 8.91. The lowest BCUT2D eigenvalue weighted by molar-refractivity contribution is 0.669. The van der Waals surface area contributed by atoms with Crippen LogP contribution in [0.25, 0.3) is 100.0 Å². The van der Waals surface area contributed by atoms with Crippen molar-refractivity contribution in [1.29, 1.82) is 0 Å². The lowest BCUT2D eigenvalue weighted by Crippen LogP contribution is -2.06. The highest BCUT2D eigenvalue weighted by molar-refractivity contribution is 6.26. The molecule has 0 aliphatic heterocycles. The Balaban J connectivity index is 1.28. The Morgan fingerprint density at radius 3 is 1.94 bits per heavy atom. The van der Waals surface area contributed by atoms with Gasteiger partial charge in [-0.15, -0.1) is 0 Å². The molecule has 0 saturated heterocycles. The van der Waals surface area contributed by atoms with Crippen LogP contribution in [0.3, 0.4) is 0 Å². The van der Waals surface area contributed by atoms with Crippen LogP contribution in [0.15, 0.2) is 168 Å². The fourth-order valence-corrected chi connectivity index (χ4v) is 7.50. The molecule has 4 aromatic heterocycles. The van der Waals surface area contributed by atoms with E-state index in [0.29, 0.717) is 11.1 Å². The number of hydrogen-bond donors (Lipinski definition) is 0. The Kier molecular flexibility index (Phi) is 4.91. The number of para-hydroxylation sites is 4. The van der Waals surface area contributed by atoms with Crippen molar-refractivity contribution >= 4 is 65.6 Å². The fraction of sp³-hybridized carbons (Fsp3) is 0. The Morgan fingerprint density at radius 1 is 0.471 bits per heavy atom. The summed E-state index contributed by atoms with van der Waals surface area (Å²) in [6, 6.07) is 42.2. The van der Waals surface area contributed by atoms with Gasteiger partial charge in [-0.1, -0.05) is 115 Å². The van der Waals surface area contributed by atoms with Gasteiger partial charge in [-0.05, 0) is 48.5 Å².